The van der Waals surface area contributed by atoms with Gasteiger partial charge in [-0.1, -0.05) is 0 Å². The Labute approximate surface area is 97.8 Å². The zero-order valence-corrected chi connectivity index (χ0v) is 10.6. The van der Waals surface area contributed by atoms with Gasteiger partial charge in [0.2, 0.25) is 0 Å². The monoisotopic (exact) mass is 276 g/mol. The fraction of sp³-hybridized carbons (Fsp3) is 0.700. The molecule has 78 valence electrons. The largest absolute Gasteiger partial charge is 0.271 e. The van der Waals surface area contributed by atoms with E-state index in [4.69, 9.17) is 11.6 Å². The van der Waals surface area contributed by atoms with Crippen molar-refractivity contribution in [3.63, 3.8) is 0 Å². The minimum absolute atomic E-state index is 0.358. The molecule has 0 spiro atoms. The van der Waals surface area contributed by atoms with E-state index in [1.54, 1.807) is 0 Å². The van der Waals surface area contributed by atoms with Crippen molar-refractivity contribution in [3.05, 3.63) is 16.4 Å². The lowest BCUT2D eigenvalue weighted by molar-refractivity contribution is 0.633. The van der Waals surface area contributed by atoms with Crippen molar-refractivity contribution in [3.8, 4) is 0 Å². The fourth-order valence-corrected chi connectivity index (χ4v) is 2.59. The summed E-state index contributed by atoms with van der Waals surface area (Å²) in [6.07, 6.45) is 6.56. The molecule has 2 rings (SSSR count). The number of nitrogens with zero attached hydrogens (tertiary/aromatic N) is 2. The lowest BCUT2D eigenvalue weighted by Gasteiger charge is -2.07. The minimum atomic E-state index is 0.358. The number of rotatable bonds is 4. The molecule has 1 aliphatic carbocycles. The Kier molecular flexibility index (Phi) is 3.17. The number of aromatic nitrogens is 2. The van der Waals surface area contributed by atoms with Crippen LogP contribution in [0.4, 0.5) is 0 Å². The van der Waals surface area contributed by atoms with E-state index in [9.17, 15) is 0 Å². The van der Waals surface area contributed by atoms with Gasteiger partial charge in [0.25, 0.3) is 0 Å². The zero-order chi connectivity index (χ0) is 10.1. The number of alkyl halides is 1. The van der Waals surface area contributed by atoms with E-state index < -0.39 is 0 Å². The van der Waals surface area contributed by atoms with Crippen LogP contribution >= 0.6 is 27.5 Å². The Morgan fingerprint density at radius 2 is 2.43 bits per heavy atom. The quantitative estimate of drug-likeness (QED) is 0.773. The molecule has 0 N–H and O–H groups in total. The molecule has 0 bridgehead atoms. The third-order valence-corrected chi connectivity index (χ3v) is 4.04. The highest BCUT2D eigenvalue weighted by atomic mass is 79.9. The van der Waals surface area contributed by atoms with Crippen molar-refractivity contribution in [2.45, 2.75) is 31.1 Å². The Morgan fingerprint density at radius 3 is 2.93 bits per heavy atom. The van der Waals surface area contributed by atoms with E-state index in [0.29, 0.717) is 5.38 Å². The SMILES string of the molecule is Cn1ncc(Br)c1CCC(Cl)C1CC1. The molecule has 1 saturated carbocycles. The van der Waals surface area contributed by atoms with Gasteiger partial charge in [-0.25, -0.2) is 0 Å². The van der Waals surface area contributed by atoms with Crippen LogP contribution in [0.3, 0.4) is 0 Å². The van der Waals surface area contributed by atoms with Crippen LogP contribution < -0.4 is 0 Å². The molecular formula is C10H14BrClN2. The maximum Gasteiger partial charge on any atom is 0.0635 e. The van der Waals surface area contributed by atoms with Gasteiger partial charge in [0.05, 0.1) is 16.4 Å². The van der Waals surface area contributed by atoms with Crippen LogP contribution in [0.25, 0.3) is 0 Å². The third kappa shape index (κ3) is 2.31. The molecule has 4 heteroatoms. The number of halogens is 2. The maximum absolute atomic E-state index is 6.25. The Hall–Kier alpha value is -0.0200. The summed E-state index contributed by atoms with van der Waals surface area (Å²) in [6, 6.07) is 0. The average molecular weight is 278 g/mol. The molecule has 0 aromatic carbocycles. The van der Waals surface area contributed by atoms with Crippen molar-refractivity contribution >= 4 is 27.5 Å². The van der Waals surface area contributed by atoms with Gasteiger partial charge in [-0.15, -0.1) is 11.6 Å². The van der Waals surface area contributed by atoms with Gasteiger partial charge in [0.15, 0.2) is 0 Å². The predicted molar refractivity (Wildman–Crippen MR) is 61.6 cm³/mol. The predicted octanol–water partition coefficient (Wildman–Crippen LogP) is 3.13. The van der Waals surface area contributed by atoms with Crippen LogP contribution in [0, 0.1) is 5.92 Å². The van der Waals surface area contributed by atoms with Gasteiger partial charge in [-0.05, 0) is 47.5 Å². The molecule has 0 aliphatic heterocycles. The number of hydrogen-bond donors (Lipinski definition) is 0. The first-order chi connectivity index (χ1) is 6.68. The molecule has 1 aliphatic rings. The van der Waals surface area contributed by atoms with Gasteiger partial charge in [0.1, 0.15) is 0 Å². The van der Waals surface area contributed by atoms with Crippen molar-refractivity contribution in [1.82, 2.24) is 9.78 Å². The summed E-state index contributed by atoms with van der Waals surface area (Å²) in [7, 11) is 1.97. The van der Waals surface area contributed by atoms with E-state index in [0.717, 1.165) is 23.2 Å². The van der Waals surface area contributed by atoms with Crippen LogP contribution in [0.5, 0.6) is 0 Å². The molecule has 1 aromatic heterocycles. The van der Waals surface area contributed by atoms with Gasteiger partial charge in [-0.3, -0.25) is 4.68 Å². The van der Waals surface area contributed by atoms with Crippen molar-refractivity contribution in [2.75, 3.05) is 0 Å². The molecule has 0 radical (unpaired) electrons. The van der Waals surface area contributed by atoms with Gasteiger partial charge >= 0.3 is 0 Å². The molecule has 1 unspecified atom stereocenters. The average Bonchev–Trinajstić information content (AvgIpc) is 2.93. The van der Waals surface area contributed by atoms with Gasteiger partial charge in [-0.2, -0.15) is 5.10 Å². The number of hydrogen-bond acceptors (Lipinski definition) is 1. The molecule has 14 heavy (non-hydrogen) atoms. The first-order valence-electron chi connectivity index (χ1n) is 4.99. The van der Waals surface area contributed by atoms with E-state index in [1.807, 2.05) is 17.9 Å². The summed E-state index contributed by atoms with van der Waals surface area (Å²) < 4.78 is 3.01. The third-order valence-electron chi connectivity index (χ3n) is 2.80. The van der Waals surface area contributed by atoms with Gasteiger partial charge < -0.3 is 0 Å². The van der Waals surface area contributed by atoms with Crippen LogP contribution in [0.2, 0.25) is 0 Å². The van der Waals surface area contributed by atoms with Crippen LogP contribution in [0.1, 0.15) is 25.0 Å². The first-order valence-corrected chi connectivity index (χ1v) is 6.22. The van der Waals surface area contributed by atoms with Crippen molar-refractivity contribution in [2.24, 2.45) is 13.0 Å². The highest BCUT2D eigenvalue weighted by Crippen LogP contribution is 2.37. The second-order valence-electron chi connectivity index (χ2n) is 3.95. The highest BCUT2D eigenvalue weighted by Gasteiger charge is 2.29. The second kappa shape index (κ2) is 4.23. The molecule has 1 atom stereocenters. The molecule has 1 aromatic rings. The molecule has 0 saturated heterocycles. The normalized spacial score (nSPS) is 18.5. The van der Waals surface area contributed by atoms with E-state index in [1.165, 1.54) is 18.5 Å². The Balaban J connectivity index is 1.90. The van der Waals surface area contributed by atoms with Crippen molar-refractivity contribution in [1.29, 1.82) is 0 Å². The molecule has 1 heterocycles. The smallest absolute Gasteiger partial charge is 0.0635 e. The summed E-state index contributed by atoms with van der Waals surface area (Å²) >= 11 is 9.75. The van der Waals surface area contributed by atoms with Crippen molar-refractivity contribution < 1.29 is 0 Å². The Morgan fingerprint density at radius 1 is 1.71 bits per heavy atom. The second-order valence-corrected chi connectivity index (χ2v) is 5.37. The number of aryl methyl sites for hydroxylation is 1. The standard InChI is InChI=1S/C10H14BrClN2/c1-14-10(8(11)6-13-14)5-4-9(12)7-2-3-7/h6-7,9H,2-5H2,1H3. The fourth-order valence-electron chi connectivity index (χ4n) is 1.69. The molecular weight excluding hydrogens is 263 g/mol. The van der Waals surface area contributed by atoms with E-state index in [-0.39, 0.29) is 0 Å². The summed E-state index contributed by atoms with van der Waals surface area (Å²) in [5.41, 5.74) is 1.25. The lowest BCUT2D eigenvalue weighted by atomic mass is 10.1. The lowest BCUT2D eigenvalue weighted by Crippen LogP contribution is -2.06. The van der Waals surface area contributed by atoms with Gasteiger partial charge in [0, 0.05) is 12.4 Å². The maximum atomic E-state index is 6.25. The summed E-state index contributed by atoms with van der Waals surface area (Å²) in [6.45, 7) is 0. The van der Waals surface area contributed by atoms with E-state index >= 15 is 0 Å². The first kappa shape index (κ1) is 10.5. The topological polar surface area (TPSA) is 17.8 Å². The van der Waals surface area contributed by atoms with E-state index in [2.05, 4.69) is 21.0 Å². The molecule has 1 fully saturated rings. The summed E-state index contributed by atoms with van der Waals surface area (Å²) in [4.78, 5) is 0. The summed E-state index contributed by atoms with van der Waals surface area (Å²) in [5, 5.41) is 4.54. The Bertz CT molecular complexity index is 300. The van der Waals surface area contributed by atoms with Crippen LogP contribution in [0.15, 0.2) is 10.7 Å². The summed E-state index contributed by atoms with van der Waals surface area (Å²) in [5.74, 6) is 0.781. The highest BCUT2D eigenvalue weighted by molar-refractivity contribution is 9.10. The zero-order valence-electron chi connectivity index (χ0n) is 8.21. The minimum Gasteiger partial charge on any atom is -0.271 e. The van der Waals surface area contributed by atoms with Crippen LogP contribution in [-0.4, -0.2) is 15.2 Å². The molecule has 2 nitrogen and oxygen atoms in total. The molecule has 0 amide bonds. The van der Waals surface area contributed by atoms with Crippen LogP contribution in [-0.2, 0) is 13.5 Å².